The molecule has 0 unspecified atom stereocenters. The number of aliphatic hydroxyl groups excluding tert-OH is 3. The van der Waals surface area contributed by atoms with Gasteiger partial charge in [0.15, 0.2) is 28.6 Å². The van der Waals surface area contributed by atoms with Crippen molar-refractivity contribution >= 4 is 17.3 Å². The molecule has 1 aliphatic heterocycles. The second-order valence-electron chi connectivity index (χ2n) is 13.7. The fraction of sp³-hybridized carbons (Fsp3) is 0.529. The van der Waals surface area contributed by atoms with Gasteiger partial charge in [-0.15, -0.1) is 0 Å². The van der Waals surface area contributed by atoms with Gasteiger partial charge in [0.2, 0.25) is 6.29 Å². The van der Waals surface area contributed by atoms with Crippen molar-refractivity contribution in [1.82, 2.24) is 0 Å². The van der Waals surface area contributed by atoms with Crippen LogP contribution in [0.3, 0.4) is 0 Å². The number of furan rings is 1. The maximum Gasteiger partial charge on any atom is 0.218 e. The van der Waals surface area contributed by atoms with Crippen LogP contribution in [0.25, 0.3) is 0 Å². The van der Waals surface area contributed by atoms with Crippen LogP contribution in [0.15, 0.2) is 58.6 Å². The number of carbonyl (C=O) groups is 2. The molecule has 9 nitrogen and oxygen atoms in total. The van der Waals surface area contributed by atoms with Gasteiger partial charge in [0.05, 0.1) is 18.8 Å². The van der Waals surface area contributed by atoms with E-state index in [0.29, 0.717) is 29.2 Å². The molecule has 1 saturated heterocycles. The van der Waals surface area contributed by atoms with Gasteiger partial charge in [-0.25, -0.2) is 8.78 Å². The van der Waals surface area contributed by atoms with E-state index in [1.165, 1.54) is 19.1 Å². The number of hydrogen-bond donors (Lipinski definition) is 4. The number of aliphatic hydroxyl groups is 3. The second-order valence-corrected chi connectivity index (χ2v) is 13.7. The predicted molar refractivity (Wildman–Crippen MR) is 156 cm³/mol. The third-order valence-corrected chi connectivity index (χ3v) is 11.6. The molecule has 4 aliphatic carbocycles. The fourth-order valence-corrected chi connectivity index (χ4v) is 9.41. The number of hydrogen-bond acceptors (Lipinski definition) is 9. The van der Waals surface area contributed by atoms with Gasteiger partial charge in [-0.2, -0.15) is 0 Å². The predicted octanol–water partition coefficient (Wildman–Crippen LogP) is 3.59. The van der Waals surface area contributed by atoms with Gasteiger partial charge in [0, 0.05) is 34.4 Å². The standard InChI is InChI=1S/C34H37F2NO8/c1-31-8-7-19(40)11-23(31)24(35)12-22-21-13-29-34(28(42)16-39,32(21,2)14-27(41)33(22,31)36)45-30(44-29)26-6-5-20(43-26)9-17-3-4-18(15-38)25(37)10-17/h3-8,10-11,21-22,24,27,29-30,38-39,41H,9,12-16,37H2,1-2H3/t21-,22-,24-,27-,29+,30+,31-,32-,33-,34+/m0/s1. The zero-order valence-corrected chi connectivity index (χ0v) is 25.0. The normalized spacial score (nSPS) is 41.7. The molecule has 1 aromatic heterocycles. The molecule has 0 spiro atoms. The van der Waals surface area contributed by atoms with Crippen molar-refractivity contribution in [3.63, 3.8) is 0 Å². The first-order chi connectivity index (χ1) is 21.3. The van der Waals surface area contributed by atoms with Crippen LogP contribution >= 0.6 is 0 Å². The lowest BCUT2D eigenvalue weighted by Gasteiger charge is -2.63. The third-order valence-electron chi connectivity index (χ3n) is 11.6. The monoisotopic (exact) mass is 625 g/mol. The quantitative estimate of drug-likeness (QED) is 0.353. The molecule has 5 aliphatic rings. The summed E-state index contributed by atoms with van der Waals surface area (Å²) in [4.78, 5) is 25.8. The number of ether oxygens (including phenoxy) is 2. The smallest absolute Gasteiger partial charge is 0.218 e. The highest BCUT2D eigenvalue weighted by Gasteiger charge is 2.80. The van der Waals surface area contributed by atoms with Crippen LogP contribution < -0.4 is 5.73 Å². The number of alkyl halides is 2. The average molecular weight is 626 g/mol. The first kappa shape index (κ1) is 30.4. The number of allylic oxidation sites excluding steroid dienone is 4. The minimum Gasteiger partial charge on any atom is -0.460 e. The number of nitrogen functional groups attached to an aromatic ring is 1. The van der Waals surface area contributed by atoms with Crippen molar-refractivity contribution < 1.29 is 47.6 Å². The zero-order valence-electron chi connectivity index (χ0n) is 25.0. The molecule has 1 aromatic carbocycles. The fourth-order valence-electron chi connectivity index (χ4n) is 9.41. The molecule has 240 valence electrons. The van der Waals surface area contributed by atoms with Gasteiger partial charge in [0.1, 0.15) is 18.5 Å². The molecule has 0 bridgehead atoms. The Bertz CT molecular complexity index is 1640. The van der Waals surface area contributed by atoms with Crippen LogP contribution in [0.4, 0.5) is 14.5 Å². The van der Waals surface area contributed by atoms with Crippen molar-refractivity contribution in [2.75, 3.05) is 12.3 Å². The Hall–Kier alpha value is -3.22. The highest BCUT2D eigenvalue weighted by Crippen LogP contribution is 2.72. The van der Waals surface area contributed by atoms with Gasteiger partial charge < -0.3 is 34.9 Å². The third kappa shape index (κ3) is 3.94. The summed E-state index contributed by atoms with van der Waals surface area (Å²) >= 11 is 0. The van der Waals surface area contributed by atoms with Crippen molar-refractivity contribution in [3.05, 3.63) is 76.8 Å². The summed E-state index contributed by atoms with van der Waals surface area (Å²) < 4.78 is 52.2. The van der Waals surface area contributed by atoms with Gasteiger partial charge in [0.25, 0.3) is 0 Å². The molecule has 0 radical (unpaired) electrons. The zero-order chi connectivity index (χ0) is 32.1. The summed E-state index contributed by atoms with van der Waals surface area (Å²) in [5.74, 6) is -1.90. The molecule has 7 rings (SSSR count). The topological polar surface area (TPSA) is 152 Å². The number of anilines is 1. The molecule has 10 atom stereocenters. The van der Waals surface area contributed by atoms with E-state index >= 15 is 8.78 Å². The lowest BCUT2D eigenvalue weighted by Crippen LogP contribution is -2.70. The van der Waals surface area contributed by atoms with Crippen molar-refractivity contribution in [2.45, 2.75) is 82.1 Å². The summed E-state index contributed by atoms with van der Waals surface area (Å²) in [7, 11) is 0. The van der Waals surface area contributed by atoms with Gasteiger partial charge in [-0.05, 0) is 73.6 Å². The molecule has 11 heteroatoms. The van der Waals surface area contributed by atoms with Crippen LogP contribution in [0, 0.1) is 22.7 Å². The number of benzene rings is 1. The van der Waals surface area contributed by atoms with E-state index in [1.54, 1.807) is 31.2 Å². The minimum absolute atomic E-state index is 0.0176. The molecule has 4 fully saturated rings. The van der Waals surface area contributed by atoms with Crippen molar-refractivity contribution in [2.24, 2.45) is 22.7 Å². The number of ketones is 2. The first-order valence-electron chi connectivity index (χ1n) is 15.3. The van der Waals surface area contributed by atoms with Crippen molar-refractivity contribution in [3.8, 4) is 0 Å². The Kier molecular flexibility index (Phi) is 6.86. The lowest BCUT2D eigenvalue weighted by atomic mass is 9.44. The highest BCUT2D eigenvalue weighted by molar-refractivity contribution is 6.01. The molecular weight excluding hydrogens is 588 g/mol. The Balaban J connectivity index is 1.20. The van der Waals surface area contributed by atoms with Crippen LogP contribution in [-0.4, -0.2) is 63.1 Å². The molecule has 0 amide bonds. The van der Waals surface area contributed by atoms with E-state index in [1.807, 2.05) is 6.07 Å². The van der Waals surface area contributed by atoms with Crippen molar-refractivity contribution in [1.29, 1.82) is 0 Å². The van der Waals surface area contributed by atoms with Gasteiger partial charge >= 0.3 is 0 Å². The molecular formula is C34H37F2NO8. The Morgan fingerprint density at radius 2 is 1.91 bits per heavy atom. The summed E-state index contributed by atoms with van der Waals surface area (Å²) in [5, 5.41) is 31.2. The summed E-state index contributed by atoms with van der Waals surface area (Å²) in [6.45, 7) is 2.21. The maximum atomic E-state index is 17.5. The second kappa shape index (κ2) is 10.1. The highest BCUT2D eigenvalue weighted by atomic mass is 19.1. The SMILES string of the molecule is C[C@]12C=CC(=O)C=C1[C@@H](F)C[C@H]1[C@@H]3C[C@H]4O[C@@H](c5ccc(Cc6ccc(CO)c(N)c6)o5)O[C@@]4(C(=O)CO)[C@@]3(C)C[C@H](O)[C@@]12F. The number of Topliss-reactive ketones (excluding diaryl/α,β-unsaturated/α-hetero) is 1. The first-order valence-corrected chi connectivity index (χ1v) is 15.3. The van der Waals surface area contributed by atoms with Crippen LogP contribution in [-0.2, 0) is 32.1 Å². The van der Waals surface area contributed by atoms with E-state index in [2.05, 4.69) is 0 Å². The summed E-state index contributed by atoms with van der Waals surface area (Å²) in [6.07, 6.45) is -1.53. The van der Waals surface area contributed by atoms with E-state index in [0.717, 1.165) is 11.6 Å². The van der Waals surface area contributed by atoms with Crippen LogP contribution in [0.2, 0.25) is 0 Å². The molecule has 2 heterocycles. The summed E-state index contributed by atoms with van der Waals surface area (Å²) in [5.41, 5.74) is 1.11. The average Bonchev–Trinajstić information content (AvgIpc) is 3.68. The lowest BCUT2D eigenvalue weighted by molar-refractivity contribution is -0.236. The van der Waals surface area contributed by atoms with E-state index in [4.69, 9.17) is 19.6 Å². The summed E-state index contributed by atoms with van der Waals surface area (Å²) in [6, 6.07) is 8.75. The van der Waals surface area contributed by atoms with Gasteiger partial charge in [-0.3, -0.25) is 9.59 Å². The van der Waals surface area contributed by atoms with Crippen LogP contribution in [0.1, 0.15) is 62.0 Å². The van der Waals surface area contributed by atoms with Crippen LogP contribution in [0.5, 0.6) is 0 Å². The number of rotatable bonds is 6. The number of nitrogens with two attached hydrogens (primary N) is 1. The largest absolute Gasteiger partial charge is 0.460 e. The minimum atomic E-state index is -2.32. The molecule has 5 N–H and O–H groups in total. The Morgan fingerprint density at radius 3 is 2.62 bits per heavy atom. The maximum absolute atomic E-state index is 17.5. The number of halogens is 2. The van der Waals surface area contributed by atoms with Gasteiger partial charge in [-0.1, -0.05) is 25.1 Å². The Morgan fingerprint density at radius 1 is 1.13 bits per heavy atom. The van der Waals surface area contributed by atoms with E-state index < -0.39 is 76.8 Å². The Labute approximate surface area is 258 Å². The number of fused-ring (bicyclic) bond motifs is 7. The molecule has 2 aromatic rings. The van der Waals surface area contributed by atoms with E-state index in [-0.39, 0.29) is 31.4 Å². The van der Waals surface area contributed by atoms with E-state index in [9.17, 15) is 24.9 Å². The molecule has 3 saturated carbocycles. The molecule has 45 heavy (non-hydrogen) atoms. The number of carbonyl (C=O) groups excluding carboxylic acids is 2.